The van der Waals surface area contributed by atoms with Gasteiger partial charge < -0.3 is 24.1 Å². The van der Waals surface area contributed by atoms with Gasteiger partial charge in [-0.3, -0.25) is 4.90 Å². The fraction of sp³-hybridized carbons (Fsp3) is 0.955. The SMILES string of the molecule is C[C@@H]1CN[C@@H](CN2CCOC[C@H]2CO[Si](C)(C)C(C)(C)C)CN1C(=O)OC(C)(C)C. The molecule has 8 heteroatoms. The zero-order chi connectivity index (χ0) is 22.7. The van der Waals surface area contributed by atoms with Gasteiger partial charge in [0.1, 0.15) is 5.60 Å². The predicted molar refractivity (Wildman–Crippen MR) is 124 cm³/mol. The highest BCUT2D eigenvalue weighted by atomic mass is 28.4. The zero-order valence-corrected chi connectivity index (χ0v) is 21.7. The second-order valence-corrected chi connectivity index (χ2v) is 16.2. The molecule has 2 fully saturated rings. The molecule has 0 aromatic rings. The number of amides is 1. The molecule has 7 nitrogen and oxygen atoms in total. The van der Waals surface area contributed by atoms with Crippen LogP contribution in [-0.4, -0.2) is 93.9 Å². The summed E-state index contributed by atoms with van der Waals surface area (Å²) >= 11 is 0. The number of hydrogen-bond acceptors (Lipinski definition) is 6. The summed E-state index contributed by atoms with van der Waals surface area (Å²) in [5.41, 5.74) is -0.479. The van der Waals surface area contributed by atoms with E-state index in [1.165, 1.54) is 0 Å². The average molecular weight is 444 g/mol. The van der Waals surface area contributed by atoms with Gasteiger partial charge >= 0.3 is 6.09 Å². The molecule has 2 aliphatic heterocycles. The van der Waals surface area contributed by atoms with Crippen LogP contribution in [0.25, 0.3) is 0 Å². The Labute approximate surface area is 184 Å². The van der Waals surface area contributed by atoms with E-state index in [0.717, 1.165) is 26.2 Å². The van der Waals surface area contributed by atoms with Gasteiger partial charge in [0.05, 0.1) is 25.9 Å². The number of hydrogen-bond donors (Lipinski definition) is 1. The van der Waals surface area contributed by atoms with Crippen molar-refractivity contribution < 1.29 is 18.7 Å². The fourth-order valence-corrected chi connectivity index (χ4v) is 4.56. The maximum absolute atomic E-state index is 12.7. The number of piperazine rings is 1. The average Bonchev–Trinajstić information content (AvgIpc) is 2.60. The van der Waals surface area contributed by atoms with Gasteiger partial charge in [-0.05, 0) is 45.8 Å². The fourth-order valence-electron chi connectivity index (χ4n) is 3.51. The molecule has 2 rings (SSSR count). The molecule has 0 bridgehead atoms. The Kier molecular flexibility index (Phi) is 8.41. The molecule has 0 unspecified atom stereocenters. The van der Waals surface area contributed by atoms with Crippen LogP contribution in [0.2, 0.25) is 18.1 Å². The molecule has 30 heavy (non-hydrogen) atoms. The third kappa shape index (κ3) is 7.19. The minimum atomic E-state index is -1.80. The molecule has 0 aromatic heterocycles. The number of nitrogens with one attached hydrogen (secondary N) is 1. The Bertz CT molecular complexity index is 574. The maximum atomic E-state index is 12.7. The van der Waals surface area contributed by atoms with Gasteiger partial charge in [-0.25, -0.2) is 4.79 Å². The normalized spacial score (nSPS) is 27.2. The van der Waals surface area contributed by atoms with E-state index in [0.29, 0.717) is 19.8 Å². The molecule has 176 valence electrons. The Hall–Kier alpha value is -0.673. The van der Waals surface area contributed by atoms with Crippen LogP contribution in [0.15, 0.2) is 0 Å². The first kappa shape index (κ1) is 25.6. The van der Waals surface area contributed by atoms with E-state index in [1.807, 2.05) is 25.7 Å². The van der Waals surface area contributed by atoms with Crippen LogP contribution >= 0.6 is 0 Å². The molecular weight excluding hydrogens is 398 g/mol. The summed E-state index contributed by atoms with van der Waals surface area (Å²) < 4.78 is 17.9. The number of carbonyl (C=O) groups is 1. The second-order valence-electron chi connectivity index (χ2n) is 11.4. The van der Waals surface area contributed by atoms with Crippen LogP contribution in [0.4, 0.5) is 4.79 Å². The second kappa shape index (κ2) is 9.86. The lowest BCUT2D eigenvalue weighted by Gasteiger charge is -2.44. The lowest BCUT2D eigenvalue weighted by atomic mass is 10.1. The van der Waals surface area contributed by atoms with Gasteiger partial charge in [-0.2, -0.15) is 0 Å². The summed E-state index contributed by atoms with van der Waals surface area (Å²) in [6.07, 6.45) is -0.221. The Morgan fingerprint density at radius 3 is 2.47 bits per heavy atom. The summed E-state index contributed by atoms with van der Waals surface area (Å²) in [6, 6.07) is 0.588. The zero-order valence-electron chi connectivity index (χ0n) is 20.7. The van der Waals surface area contributed by atoms with E-state index in [9.17, 15) is 4.79 Å². The van der Waals surface area contributed by atoms with Crippen molar-refractivity contribution in [2.24, 2.45) is 0 Å². The highest BCUT2D eigenvalue weighted by Gasteiger charge is 2.39. The van der Waals surface area contributed by atoms with Gasteiger partial charge in [-0.15, -0.1) is 0 Å². The first-order chi connectivity index (χ1) is 13.7. The van der Waals surface area contributed by atoms with E-state index in [1.54, 1.807) is 0 Å². The summed E-state index contributed by atoms with van der Waals surface area (Å²) in [7, 11) is -1.80. The van der Waals surface area contributed by atoms with E-state index in [2.05, 4.69) is 51.0 Å². The minimum absolute atomic E-state index is 0.124. The van der Waals surface area contributed by atoms with Gasteiger partial charge in [0.2, 0.25) is 0 Å². The predicted octanol–water partition coefficient (Wildman–Crippen LogP) is 3.31. The van der Waals surface area contributed by atoms with Crippen LogP contribution in [0.5, 0.6) is 0 Å². The molecular formula is C22H45N3O4Si. The van der Waals surface area contributed by atoms with Gasteiger partial charge in [0.25, 0.3) is 0 Å². The number of carbonyl (C=O) groups excluding carboxylic acids is 1. The van der Waals surface area contributed by atoms with Crippen LogP contribution < -0.4 is 5.32 Å². The Morgan fingerprint density at radius 1 is 1.20 bits per heavy atom. The summed E-state index contributed by atoms with van der Waals surface area (Å²) in [4.78, 5) is 17.0. The van der Waals surface area contributed by atoms with Crippen molar-refractivity contribution in [1.82, 2.24) is 15.1 Å². The maximum Gasteiger partial charge on any atom is 0.410 e. The molecule has 0 radical (unpaired) electrons. The van der Waals surface area contributed by atoms with Crippen LogP contribution in [0.3, 0.4) is 0 Å². The topological polar surface area (TPSA) is 63.3 Å². The third-order valence-corrected chi connectivity index (χ3v) is 11.0. The van der Waals surface area contributed by atoms with Crippen molar-refractivity contribution in [3.05, 3.63) is 0 Å². The highest BCUT2D eigenvalue weighted by Crippen LogP contribution is 2.36. The monoisotopic (exact) mass is 443 g/mol. The van der Waals surface area contributed by atoms with Gasteiger partial charge in [0, 0.05) is 38.3 Å². The number of morpholine rings is 1. The standard InChI is InChI=1S/C22H45N3O4Si/c1-17-12-23-18(14-25(17)20(26)29-21(2,3)4)13-24-10-11-27-15-19(24)16-28-30(8,9)22(5,6)7/h17-19,23H,10-16H2,1-9H3/t17-,18+,19+/m1/s1. The quantitative estimate of drug-likeness (QED) is 0.658. The molecule has 3 atom stereocenters. The van der Waals surface area contributed by atoms with Crippen molar-refractivity contribution in [3.63, 3.8) is 0 Å². The van der Waals surface area contributed by atoms with Crippen molar-refractivity contribution in [3.8, 4) is 0 Å². The summed E-state index contributed by atoms with van der Waals surface area (Å²) in [5, 5.41) is 3.81. The number of ether oxygens (including phenoxy) is 2. The van der Waals surface area contributed by atoms with E-state index < -0.39 is 13.9 Å². The molecule has 2 aliphatic rings. The summed E-state index contributed by atoms with van der Waals surface area (Å²) in [5.74, 6) is 0. The molecule has 0 aromatic carbocycles. The van der Waals surface area contributed by atoms with E-state index in [4.69, 9.17) is 13.9 Å². The van der Waals surface area contributed by atoms with Crippen LogP contribution in [0.1, 0.15) is 48.5 Å². The van der Waals surface area contributed by atoms with Gasteiger partial charge in [-0.1, -0.05) is 20.8 Å². The Balaban J connectivity index is 1.96. The molecule has 0 aliphatic carbocycles. The van der Waals surface area contributed by atoms with Crippen molar-refractivity contribution >= 4 is 14.4 Å². The number of nitrogens with zero attached hydrogens (tertiary/aromatic N) is 2. The first-order valence-corrected chi connectivity index (χ1v) is 14.3. The minimum Gasteiger partial charge on any atom is -0.444 e. The lowest BCUT2D eigenvalue weighted by Crippen LogP contribution is -2.62. The molecule has 0 spiro atoms. The number of rotatable bonds is 5. The third-order valence-electron chi connectivity index (χ3n) is 6.53. The molecule has 2 saturated heterocycles. The molecule has 1 amide bonds. The van der Waals surface area contributed by atoms with E-state index >= 15 is 0 Å². The highest BCUT2D eigenvalue weighted by molar-refractivity contribution is 6.74. The largest absolute Gasteiger partial charge is 0.444 e. The first-order valence-electron chi connectivity index (χ1n) is 11.4. The smallest absolute Gasteiger partial charge is 0.410 e. The lowest BCUT2D eigenvalue weighted by molar-refractivity contribution is -0.0348. The van der Waals surface area contributed by atoms with Crippen LogP contribution in [-0.2, 0) is 13.9 Å². The summed E-state index contributed by atoms with van der Waals surface area (Å²) in [6.45, 7) is 24.6. The molecule has 2 heterocycles. The molecule has 1 N–H and O–H groups in total. The molecule has 0 saturated carbocycles. The van der Waals surface area contributed by atoms with Crippen LogP contribution in [0, 0.1) is 0 Å². The Morgan fingerprint density at radius 2 is 1.87 bits per heavy atom. The van der Waals surface area contributed by atoms with Crippen molar-refractivity contribution in [2.75, 3.05) is 46.0 Å². The van der Waals surface area contributed by atoms with Crippen molar-refractivity contribution in [1.29, 1.82) is 0 Å². The van der Waals surface area contributed by atoms with E-state index in [-0.39, 0.29) is 29.3 Å². The van der Waals surface area contributed by atoms with Crippen molar-refractivity contribution in [2.45, 2.75) is 90.3 Å². The van der Waals surface area contributed by atoms with Gasteiger partial charge in [0.15, 0.2) is 8.32 Å².